The van der Waals surface area contributed by atoms with E-state index in [1.165, 1.54) is 22.1 Å². The van der Waals surface area contributed by atoms with Crippen LogP contribution in [-0.4, -0.2) is 50.5 Å². The molecule has 0 saturated carbocycles. The number of ether oxygens (including phenoxy) is 2. The summed E-state index contributed by atoms with van der Waals surface area (Å²) in [7, 11) is 1.56. The lowest BCUT2D eigenvalue weighted by Crippen LogP contribution is -2.35. The van der Waals surface area contributed by atoms with Crippen molar-refractivity contribution in [1.82, 2.24) is 5.32 Å². The molecule has 2 aromatic rings. The fourth-order valence-electron chi connectivity index (χ4n) is 3.87. The number of nitrogens with one attached hydrogen (secondary N) is 1. The maximum Gasteiger partial charge on any atom is 0.414 e. The molecule has 158 valence electrons. The Morgan fingerprint density at radius 2 is 2.10 bits per heavy atom. The molecule has 1 amide bonds. The van der Waals surface area contributed by atoms with Crippen LogP contribution in [0.3, 0.4) is 0 Å². The summed E-state index contributed by atoms with van der Waals surface area (Å²) >= 11 is 5.11. The van der Waals surface area contributed by atoms with E-state index in [0.29, 0.717) is 42.6 Å². The topological polar surface area (TPSA) is 54.0 Å². The first kappa shape index (κ1) is 20.6. The molecule has 1 unspecified atom stereocenters. The van der Waals surface area contributed by atoms with E-state index in [1.807, 2.05) is 17.0 Å². The number of thiocarbonyl (C=S) groups is 1. The van der Waals surface area contributed by atoms with Crippen molar-refractivity contribution in [3.05, 3.63) is 59.4 Å². The molecule has 1 fully saturated rings. The fourth-order valence-corrected chi connectivity index (χ4v) is 4.07. The summed E-state index contributed by atoms with van der Waals surface area (Å²) in [6.07, 6.45) is 0.0299. The van der Waals surface area contributed by atoms with E-state index in [-0.39, 0.29) is 11.9 Å². The van der Waals surface area contributed by atoms with Crippen molar-refractivity contribution < 1.29 is 18.7 Å². The number of rotatable bonds is 6. The minimum Gasteiger partial charge on any atom is -0.442 e. The Labute approximate surface area is 180 Å². The molecule has 2 aliphatic rings. The highest BCUT2D eigenvalue weighted by Gasteiger charge is 2.33. The van der Waals surface area contributed by atoms with E-state index in [9.17, 15) is 9.18 Å². The summed E-state index contributed by atoms with van der Waals surface area (Å²) in [5.41, 5.74) is 3.57. The second-order valence-electron chi connectivity index (χ2n) is 7.43. The average Bonchev–Trinajstić information content (AvgIpc) is 3.12. The number of hydrogen-bond acceptors (Lipinski definition) is 5. The molecule has 2 aliphatic heterocycles. The van der Waals surface area contributed by atoms with E-state index in [1.54, 1.807) is 19.2 Å². The van der Waals surface area contributed by atoms with Crippen LogP contribution in [0.2, 0.25) is 0 Å². The SMILES string of the molecule is COCC(=S)NCC1CN(c2ccc(N3CCc4ccccc4C3)c(F)c2)C(=O)O1. The van der Waals surface area contributed by atoms with Crippen molar-refractivity contribution in [2.45, 2.75) is 19.1 Å². The molecule has 6 nitrogen and oxygen atoms in total. The van der Waals surface area contributed by atoms with Crippen LogP contribution in [0, 0.1) is 5.82 Å². The summed E-state index contributed by atoms with van der Waals surface area (Å²) in [6.45, 7) is 2.46. The molecule has 4 rings (SSSR count). The zero-order chi connectivity index (χ0) is 21.1. The number of halogens is 1. The van der Waals surface area contributed by atoms with Crippen molar-refractivity contribution >= 4 is 34.7 Å². The lowest BCUT2D eigenvalue weighted by atomic mass is 9.99. The largest absolute Gasteiger partial charge is 0.442 e. The van der Waals surface area contributed by atoms with Gasteiger partial charge in [-0.3, -0.25) is 4.90 Å². The molecular weight excluding hydrogens is 405 g/mol. The molecule has 1 saturated heterocycles. The van der Waals surface area contributed by atoms with Crippen LogP contribution in [0.1, 0.15) is 11.1 Å². The molecule has 0 aliphatic carbocycles. The molecule has 1 N–H and O–H groups in total. The second kappa shape index (κ2) is 8.97. The van der Waals surface area contributed by atoms with E-state index in [4.69, 9.17) is 21.7 Å². The number of benzene rings is 2. The first-order valence-electron chi connectivity index (χ1n) is 9.90. The quantitative estimate of drug-likeness (QED) is 0.712. The predicted molar refractivity (Wildman–Crippen MR) is 118 cm³/mol. The van der Waals surface area contributed by atoms with Crippen LogP contribution in [0.4, 0.5) is 20.6 Å². The number of amides is 1. The number of anilines is 2. The Hall–Kier alpha value is -2.71. The van der Waals surface area contributed by atoms with Crippen molar-refractivity contribution in [2.24, 2.45) is 0 Å². The Balaban J connectivity index is 1.42. The third-order valence-electron chi connectivity index (χ3n) is 5.39. The van der Waals surface area contributed by atoms with E-state index in [0.717, 1.165) is 13.0 Å². The normalized spacial score (nSPS) is 18.2. The molecule has 8 heteroatoms. The zero-order valence-corrected chi connectivity index (χ0v) is 17.6. The van der Waals surface area contributed by atoms with Crippen molar-refractivity contribution in [3.63, 3.8) is 0 Å². The third-order valence-corrected chi connectivity index (χ3v) is 5.65. The van der Waals surface area contributed by atoms with Gasteiger partial charge in [-0.2, -0.15) is 0 Å². The molecular formula is C22H24FN3O3S. The Kier molecular flexibility index (Phi) is 6.15. The smallest absolute Gasteiger partial charge is 0.414 e. The van der Waals surface area contributed by atoms with Gasteiger partial charge < -0.3 is 19.7 Å². The predicted octanol–water partition coefficient (Wildman–Crippen LogP) is 3.28. The Morgan fingerprint density at radius 1 is 1.30 bits per heavy atom. The molecule has 0 radical (unpaired) electrons. The Bertz CT molecular complexity index is 955. The number of cyclic esters (lactones) is 1. The minimum atomic E-state index is -0.487. The van der Waals surface area contributed by atoms with Gasteiger partial charge in [-0.05, 0) is 35.7 Å². The molecule has 0 aromatic heterocycles. The fraction of sp³-hybridized carbons (Fsp3) is 0.364. The highest BCUT2D eigenvalue weighted by Crippen LogP contribution is 2.30. The molecule has 2 heterocycles. The maximum atomic E-state index is 15.0. The Morgan fingerprint density at radius 3 is 2.87 bits per heavy atom. The standard InChI is InChI=1S/C22H24FN3O3S/c1-28-14-21(30)24-11-18-13-26(22(27)29-18)17-6-7-20(19(23)10-17)25-9-8-15-4-2-3-5-16(15)12-25/h2-7,10,18H,8-9,11-14H2,1H3,(H,24,30). The van der Waals surface area contributed by atoms with Crippen molar-refractivity contribution in [3.8, 4) is 0 Å². The molecule has 2 aromatic carbocycles. The van der Waals surface area contributed by atoms with Gasteiger partial charge in [0.05, 0.1) is 31.1 Å². The summed E-state index contributed by atoms with van der Waals surface area (Å²) in [6, 6.07) is 13.2. The molecule has 0 bridgehead atoms. The van der Waals surface area contributed by atoms with Crippen LogP contribution < -0.4 is 15.1 Å². The third kappa shape index (κ3) is 4.39. The second-order valence-corrected chi connectivity index (χ2v) is 7.92. The summed E-state index contributed by atoms with van der Waals surface area (Å²) in [4.78, 5) is 16.3. The van der Waals surface area contributed by atoms with Crippen LogP contribution in [0.15, 0.2) is 42.5 Å². The van der Waals surface area contributed by atoms with Crippen LogP contribution in [0.25, 0.3) is 0 Å². The van der Waals surface area contributed by atoms with E-state index < -0.39 is 6.09 Å². The lowest BCUT2D eigenvalue weighted by Gasteiger charge is -2.31. The molecule has 30 heavy (non-hydrogen) atoms. The van der Waals surface area contributed by atoms with Gasteiger partial charge in [-0.25, -0.2) is 9.18 Å². The number of methoxy groups -OCH3 is 1. The van der Waals surface area contributed by atoms with Gasteiger partial charge in [0, 0.05) is 20.2 Å². The van der Waals surface area contributed by atoms with E-state index >= 15 is 0 Å². The van der Waals surface area contributed by atoms with Gasteiger partial charge in [0.15, 0.2) is 0 Å². The van der Waals surface area contributed by atoms with Gasteiger partial charge in [-0.15, -0.1) is 0 Å². The van der Waals surface area contributed by atoms with Gasteiger partial charge in [0.25, 0.3) is 0 Å². The highest BCUT2D eigenvalue weighted by atomic mass is 32.1. The highest BCUT2D eigenvalue weighted by molar-refractivity contribution is 7.80. The number of carbonyl (C=O) groups is 1. The monoisotopic (exact) mass is 429 g/mol. The first-order chi connectivity index (χ1) is 14.5. The maximum absolute atomic E-state index is 15.0. The first-order valence-corrected chi connectivity index (χ1v) is 10.3. The lowest BCUT2D eigenvalue weighted by molar-refractivity contribution is 0.142. The number of fused-ring (bicyclic) bond motifs is 1. The van der Waals surface area contributed by atoms with Crippen molar-refractivity contribution in [1.29, 1.82) is 0 Å². The number of nitrogens with zero attached hydrogens (tertiary/aromatic N) is 2. The van der Waals surface area contributed by atoms with Crippen molar-refractivity contribution in [2.75, 3.05) is 43.2 Å². The van der Waals surface area contributed by atoms with Gasteiger partial charge in [0.1, 0.15) is 16.9 Å². The minimum absolute atomic E-state index is 0.313. The van der Waals surface area contributed by atoms with Gasteiger partial charge >= 0.3 is 6.09 Å². The number of hydrogen-bond donors (Lipinski definition) is 1. The van der Waals surface area contributed by atoms with Crippen LogP contribution in [0.5, 0.6) is 0 Å². The molecule has 1 atom stereocenters. The van der Waals surface area contributed by atoms with E-state index in [2.05, 4.69) is 17.4 Å². The average molecular weight is 430 g/mol. The summed E-state index contributed by atoms with van der Waals surface area (Å²) < 4.78 is 25.3. The van der Waals surface area contributed by atoms with Crippen LogP contribution >= 0.6 is 12.2 Å². The zero-order valence-electron chi connectivity index (χ0n) is 16.8. The summed E-state index contributed by atoms with van der Waals surface area (Å²) in [5.74, 6) is -0.345. The summed E-state index contributed by atoms with van der Waals surface area (Å²) in [5, 5.41) is 3.01. The van der Waals surface area contributed by atoms with Gasteiger partial charge in [0.2, 0.25) is 0 Å². The van der Waals surface area contributed by atoms with Gasteiger partial charge in [-0.1, -0.05) is 36.5 Å². The van der Waals surface area contributed by atoms with Crippen LogP contribution in [-0.2, 0) is 22.4 Å². The molecule has 0 spiro atoms. The number of carbonyl (C=O) groups excluding carboxylic acids is 1.